The number of morpholine rings is 1. The maximum atomic E-state index is 6.64. The Kier molecular flexibility index (Phi) is 3.90. The molecule has 2 unspecified atom stereocenters. The van der Waals surface area contributed by atoms with Crippen LogP contribution >= 0.6 is 0 Å². The van der Waals surface area contributed by atoms with E-state index in [1.165, 1.54) is 37.7 Å². The smallest absolute Gasteiger partial charge is 0.0985 e. The molecule has 1 aliphatic carbocycles. The Morgan fingerprint density at radius 3 is 2.58 bits per heavy atom. The summed E-state index contributed by atoms with van der Waals surface area (Å²) in [5.41, 5.74) is 1.43. The quantitative estimate of drug-likeness (QED) is 0.871. The van der Waals surface area contributed by atoms with Crippen LogP contribution in [0.5, 0.6) is 0 Å². The maximum absolute atomic E-state index is 6.64. The zero-order valence-corrected chi connectivity index (χ0v) is 11.9. The second-order valence-electron chi connectivity index (χ2n) is 6.09. The van der Waals surface area contributed by atoms with Crippen LogP contribution in [0.1, 0.15) is 57.1 Å². The van der Waals surface area contributed by atoms with E-state index in [9.17, 15) is 0 Å². The summed E-state index contributed by atoms with van der Waals surface area (Å²) in [6, 6.07) is 11.2. The third kappa shape index (κ3) is 2.70. The number of benzene rings is 1. The molecule has 1 aliphatic heterocycles. The highest BCUT2D eigenvalue weighted by molar-refractivity contribution is 5.20. The number of hydrogen-bond donors (Lipinski definition) is 1. The lowest BCUT2D eigenvalue weighted by atomic mass is 9.82. The predicted octanol–water partition coefficient (Wildman–Crippen LogP) is 3.83. The summed E-state index contributed by atoms with van der Waals surface area (Å²) in [6.07, 6.45) is 7.80. The van der Waals surface area contributed by atoms with Gasteiger partial charge in [-0.3, -0.25) is 0 Å². The molecule has 0 amide bonds. The molecule has 1 spiro atoms. The van der Waals surface area contributed by atoms with Crippen molar-refractivity contribution in [3.63, 3.8) is 0 Å². The third-order valence-electron chi connectivity index (χ3n) is 4.76. The van der Waals surface area contributed by atoms with Crippen molar-refractivity contribution in [2.45, 2.75) is 63.2 Å². The fourth-order valence-electron chi connectivity index (χ4n) is 3.61. The van der Waals surface area contributed by atoms with Crippen molar-refractivity contribution in [1.29, 1.82) is 0 Å². The lowest BCUT2D eigenvalue weighted by Crippen LogP contribution is -2.56. The van der Waals surface area contributed by atoms with Gasteiger partial charge >= 0.3 is 0 Å². The first-order valence-corrected chi connectivity index (χ1v) is 7.79. The Balaban J connectivity index is 1.82. The van der Waals surface area contributed by atoms with Gasteiger partial charge in [-0.1, -0.05) is 56.5 Å². The molecule has 2 fully saturated rings. The lowest BCUT2D eigenvalue weighted by Gasteiger charge is -2.47. The fraction of sp³-hybridized carbons (Fsp3) is 0.647. The molecular formula is C17H25NO. The van der Waals surface area contributed by atoms with Crippen LogP contribution in [-0.4, -0.2) is 18.2 Å². The summed E-state index contributed by atoms with van der Waals surface area (Å²) in [6.45, 7) is 3.28. The van der Waals surface area contributed by atoms with Crippen LogP contribution in [0.4, 0.5) is 0 Å². The SMILES string of the molecule is CCC1NCC2(CCCCC2)OC1c1ccccc1. The van der Waals surface area contributed by atoms with Gasteiger partial charge in [-0.25, -0.2) is 0 Å². The van der Waals surface area contributed by atoms with E-state index in [1.807, 2.05) is 0 Å². The van der Waals surface area contributed by atoms with Gasteiger partial charge < -0.3 is 10.1 Å². The van der Waals surface area contributed by atoms with Crippen molar-refractivity contribution in [2.24, 2.45) is 0 Å². The van der Waals surface area contributed by atoms with E-state index in [1.54, 1.807) is 0 Å². The molecule has 0 radical (unpaired) electrons. The average Bonchev–Trinajstić information content (AvgIpc) is 2.49. The monoisotopic (exact) mass is 259 g/mol. The lowest BCUT2D eigenvalue weighted by molar-refractivity contribution is -0.154. The first-order valence-electron chi connectivity index (χ1n) is 7.79. The van der Waals surface area contributed by atoms with E-state index < -0.39 is 0 Å². The van der Waals surface area contributed by atoms with Crippen LogP contribution in [-0.2, 0) is 4.74 Å². The molecule has 1 saturated heterocycles. The maximum Gasteiger partial charge on any atom is 0.0985 e. The van der Waals surface area contributed by atoms with Crippen LogP contribution in [0.3, 0.4) is 0 Å². The molecule has 2 heteroatoms. The molecule has 1 heterocycles. The summed E-state index contributed by atoms with van der Waals surface area (Å²) in [4.78, 5) is 0. The summed E-state index contributed by atoms with van der Waals surface area (Å²) in [5, 5.41) is 3.75. The Bertz CT molecular complexity index is 397. The van der Waals surface area contributed by atoms with Crippen LogP contribution in [0.2, 0.25) is 0 Å². The summed E-state index contributed by atoms with van der Waals surface area (Å²) < 4.78 is 6.64. The molecule has 2 aliphatic rings. The van der Waals surface area contributed by atoms with Crippen LogP contribution in [0, 0.1) is 0 Å². The molecule has 2 atom stereocenters. The molecule has 1 N–H and O–H groups in total. The van der Waals surface area contributed by atoms with Gasteiger partial charge in [0, 0.05) is 12.6 Å². The second-order valence-corrected chi connectivity index (χ2v) is 6.09. The molecule has 104 valence electrons. The van der Waals surface area contributed by atoms with Gasteiger partial charge in [0.25, 0.3) is 0 Å². The third-order valence-corrected chi connectivity index (χ3v) is 4.76. The van der Waals surface area contributed by atoms with E-state index in [0.29, 0.717) is 6.04 Å². The normalized spacial score (nSPS) is 30.4. The number of ether oxygens (including phenoxy) is 1. The van der Waals surface area contributed by atoms with Gasteiger partial charge in [-0.2, -0.15) is 0 Å². The highest BCUT2D eigenvalue weighted by atomic mass is 16.5. The van der Waals surface area contributed by atoms with Gasteiger partial charge in [0.1, 0.15) is 0 Å². The van der Waals surface area contributed by atoms with Gasteiger partial charge in [-0.05, 0) is 24.8 Å². The number of nitrogens with one attached hydrogen (secondary N) is 1. The van der Waals surface area contributed by atoms with Crippen LogP contribution < -0.4 is 5.32 Å². The predicted molar refractivity (Wildman–Crippen MR) is 78.2 cm³/mol. The van der Waals surface area contributed by atoms with Gasteiger partial charge in [0.15, 0.2) is 0 Å². The largest absolute Gasteiger partial charge is 0.364 e. The summed E-state index contributed by atoms with van der Waals surface area (Å²) >= 11 is 0. The molecule has 1 saturated carbocycles. The second kappa shape index (κ2) is 5.64. The zero-order chi connectivity index (χ0) is 13.1. The minimum absolute atomic E-state index is 0.102. The van der Waals surface area contributed by atoms with Crippen molar-refractivity contribution in [1.82, 2.24) is 5.32 Å². The highest BCUT2D eigenvalue weighted by Gasteiger charge is 2.42. The minimum atomic E-state index is 0.102. The summed E-state index contributed by atoms with van der Waals surface area (Å²) in [7, 11) is 0. The number of hydrogen-bond acceptors (Lipinski definition) is 2. The Morgan fingerprint density at radius 2 is 1.89 bits per heavy atom. The van der Waals surface area contributed by atoms with Crippen molar-refractivity contribution < 1.29 is 4.74 Å². The molecular weight excluding hydrogens is 234 g/mol. The van der Waals surface area contributed by atoms with Gasteiger partial charge in [0.05, 0.1) is 11.7 Å². The molecule has 0 aromatic heterocycles. The zero-order valence-electron chi connectivity index (χ0n) is 11.9. The van der Waals surface area contributed by atoms with E-state index in [-0.39, 0.29) is 11.7 Å². The highest BCUT2D eigenvalue weighted by Crippen LogP contribution is 2.40. The first kappa shape index (κ1) is 13.1. The standard InChI is InChI=1S/C17H25NO/c1-2-15-16(14-9-5-3-6-10-14)19-17(13-18-15)11-7-4-8-12-17/h3,5-6,9-10,15-16,18H,2,4,7-8,11-13H2,1H3. The van der Waals surface area contributed by atoms with Gasteiger partial charge in [-0.15, -0.1) is 0 Å². The van der Waals surface area contributed by atoms with E-state index in [4.69, 9.17) is 4.74 Å². The van der Waals surface area contributed by atoms with E-state index in [2.05, 4.69) is 42.6 Å². The van der Waals surface area contributed by atoms with Crippen LogP contribution in [0.15, 0.2) is 30.3 Å². The van der Waals surface area contributed by atoms with E-state index in [0.717, 1.165) is 13.0 Å². The molecule has 1 aromatic rings. The molecule has 1 aromatic carbocycles. The minimum Gasteiger partial charge on any atom is -0.364 e. The Labute approximate surface area is 116 Å². The topological polar surface area (TPSA) is 21.3 Å². The summed E-state index contributed by atoms with van der Waals surface area (Å²) in [5.74, 6) is 0. The molecule has 3 rings (SSSR count). The Morgan fingerprint density at radius 1 is 1.16 bits per heavy atom. The molecule has 19 heavy (non-hydrogen) atoms. The molecule has 2 nitrogen and oxygen atoms in total. The Hall–Kier alpha value is -0.860. The average molecular weight is 259 g/mol. The van der Waals surface area contributed by atoms with Crippen molar-refractivity contribution >= 4 is 0 Å². The number of rotatable bonds is 2. The first-order chi connectivity index (χ1) is 9.33. The van der Waals surface area contributed by atoms with Crippen molar-refractivity contribution in [3.8, 4) is 0 Å². The van der Waals surface area contributed by atoms with Crippen LogP contribution in [0.25, 0.3) is 0 Å². The van der Waals surface area contributed by atoms with Gasteiger partial charge in [0.2, 0.25) is 0 Å². The van der Waals surface area contributed by atoms with Crippen molar-refractivity contribution in [3.05, 3.63) is 35.9 Å². The van der Waals surface area contributed by atoms with E-state index >= 15 is 0 Å². The van der Waals surface area contributed by atoms with Crippen molar-refractivity contribution in [2.75, 3.05) is 6.54 Å². The molecule has 0 bridgehead atoms. The fourth-order valence-corrected chi connectivity index (χ4v) is 3.61.